The molecule has 6 heteroatoms. The summed E-state index contributed by atoms with van der Waals surface area (Å²) in [5.41, 5.74) is 1.22. The standard InChI is InChI=1S/C12H10BrNO3S/c1-16-12(15)11-9(3-2-4-14-11)17-6-8-5-10(13)18-7-8/h2-5,7H,6H2,1H3. The third kappa shape index (κ3) is 3.08. The van der Waals surface area contributed by atoms with Crippen LogP contribution in [0.2, 0.25) is 0 Å². The first-order chi connectivity index (χ1) is 8.70. The number of carbonyl (C=O) groups excluding carboxylic acids is 1. The van der Waals surface area contributed by atoms with E-state index in [0.29, 0.717) is 12.4 Å². The highest BCUT2D eigenvalue weighted by molar-refractivity contribution is 9.11. The van der Waals surface area contributed by atoms with E-state index in [1.807, 2.05) is 11.4 Å². The molecule has 0 fully saturated rings. The molecule has 0 aliphatic carbocycles. The first-order valence-corrected chi connectivity index (χ1v) is 6.77. The maximum Gasteiger partial charge on any atom is 0.360 e. The first-order valence-electron chi connectivity index (χ1n) is 5.09. The zero-order valence-electron chi connectivity index (χ0n) is 9.55. The second kappa shape index (κ2) is 5.97. The molecule has 0 radical (unpaired) electrons. The van der Waals surface area contributed by atoms with Gasteiger partial charge in [0.1, 0.15) is 6.61 Å². The molecule has 0 aliphatic heterocycles. The molecule has 0 N–H and O–H groups in total. The molecule has 0 aromatic carbocycles. The number of esters is 1. The smallest absolute Gasteiger partial charge is 0.360 e. The van der Waals surface area contributed by atoms with Crippen molar-refractivity contribution in [2.24, 2.45) is 0 Å². The molecule has 2 heterocycles. The van der Waals surface area contributed by atoms with Gasteiger partial charge in [0.05, 0.1) is 10.9 Å². The summed E-state index contributed by atoms with van der Waals surface area (Å²) in [7, 11) is 1.32. The van der Waals surface area contributed by atoms with Crippen LogP contribution in [0.3, 0.4) is 0 Å². The van der Waals surface area contributed by atoms with Gasteiger partial charge in [-0.05, 0) is 39.5 Å². The van der Waals surface area contributed by atoms with Crippen molar-refractivity contribution in [2.45, 2.75) is 6.61 Å². The Balaban J connectivity index is 2.11. The van der Waals surface area contributed by atoms with Gasteiger partial charge in [-0.3, -0.25) is 0 Å². The number of thiophene rings is 1. The van der Waals surface area contributed by atoms with E-state index >= 15 is 0 Å². The molecule has 2 rings (SSSR count). The second-order valence-corrected chi connectivity index (χ2v) is 5.68. The van der Waals surface area contributed by atoms with Crippen molar-refractivity contribution in [3.8, 4) is 5.75 Å². The number of pyridine rings is 1. The Hall–Kier alpha value is -1.40. The zero-order chi connectivity index (χ0) is 13.0. The summed E-state index contributed by atoms with van der Waals surface area (Å²) in [5.74, 6) is -0.0798. The third-order valence-electron chi connectivity index (χ3n) is 2.17. The van der Waals surface area contributed by atoms with E-state index in [1.165, 1.54) is 13.3 Å². The monoisotopic (exact) mass is 327 g/mol. The topological polar surface area (TPSA) is 48.4 Å². The number of rotatable bonds is 4. The first kappa shape index (κ1) is 13.0. The summed E-state index contributed by atoms with van der Waals surface area (Å²) in [4.78, 5) is 15.4. The van der Waals surface area contributed by atoms with Gasteiger partial charge in [-0.25, -0.2) is 9.78 Å². The Morgan fingerprint density at radius 3 is 3.06 bits per heavy atom. The molecular formula is C12H10BrNO3S. The van der Waals surface area contributed by atoms with E-state index in [2.05, 4.69) is 25.7 Å². The van der Waals surface area contributed by atoms with Crippen molar-refractivity contribution in [1.82, 2.24) is 4.98 Å². The maximum absolute atomic E-state index is 11.5. The number of hydrogen-bond acceptors (Lipinski definition) is 5. The number of ether oxygens (including phenoxy) is 2. The summed E-state index contributed by atoms with van der Waals surface area (Å²) < 4.78 is 11.3. The van der Waals surface area contributed by atoms with Gasteiger partial charge in [-0.1, -0.05) is 0 Å². The average Bonchev–Trinajstić information content (AvgIpc) is 2.81. The maximum atomic E-state index is 11.5. The van der Waals surface area contributed by atoms with Crippen molar-refractivity contribution >= 4 is 33.2 Å². The van der Waals surface area contributed by atoms with Crippen molar-refractivity contribution in [3.05, 3.63) is 44.8 Å². The molecule has 0 saturated heterocycles. The molecular weight excluding hydrogens is 318 g/mol. The van der Waals surface area contributed by atoms with Crippen LogP contribution in [0.15, 0.2) is 33.6 Å². The second-order valence-electron chi connectivity index (χ2n) is 3.39. The summed E-state index contributed by atoms with van der Waals surface area (Å²) in [6, 6.07) is 5.38. The molecule has 4 nitrogen and oxygen atoms in total. The molecule has 0 atom stereocenters. The zero-order valence-corrected chi connectivity index (χ0v) is 12.0. The molecule has 18 heavy (non-hydrogen) atoms. The van der Waals surface area contributed by atoms with Crippen LogP contribution in [-0.4, -0.2) is 18.1 Å². The normalized spacial score (nSPS) is 10.1. The molecule has 0 unspecified atom stereocenters. The summed E-state index contributed by atoms with van der Waals surface area (Å²) in [6.45, 7) is 0.387. The van der Waals surface area contributed by atoms with E-state index < -0.39 is 5.97 Å². The van der Waals surface area contributed by atoms with Crippen molar-refractivity contribution < 1.29 is 14.3 Å². The minimum atomic E-state index is -0.503. The number of hydrogen-bond donors (Lipinski definition) is 0. The number of nitrogens with zero attached hydrogens (tertiary/aromatic N) is 1. The third-order valence-corrected chi connectivity index (χ3v) is 3.72. The van der Waals surface area contributed by atoms with Gasteiger partial charge in [-0.2, -0.15) is 0 Å². The SMILES string of the molecule is COC(=O)c1ncccc1OCc1csc(Br)c1. The van der Waals surface area contributed by atoms with Gasteiger partial charge < -0.3 is 9.47 Å². The van der Waals surface area contributed by atoms with Crippen LogP contribution in [0.25, 0.3) is 0 Å². The highest BCUT2D eigenvalue weighted by Gasteiger charge is 2.14. The average molecular weight is 328 g/mol. The number of aromatic nitrogens is 1. The van der Waals surface area contributed by atoms with Crippen LogP contribution in [0.4, 0.5) is 0 Å². The van der Waals surface area contributed by atoms with Gasteiger partial charge in [-0.15, -0.1) is 11.3 Å². The molecule has 2 aromatic rings. The van der Waals surface area contributed by atoms with E-state index in [9.17, 15) is 4.79 Å². The fraction of sp³-hybridized carbons (Fsp3) is 0.167. The van der Waals surface area contributed by atoms with Crippen LogP contribution in [0.1, 0.15) is 16.1 Å². The molecule has 0 spiro atoms. The Morgan fingerprint density at radius 2 is 2.39 bits per heavy atom. The molecule has 0 bridgehead atoms. The molecule has 2 aromatic heterocycles. The Bertz CT molecular complexity index is 556. The van der Waals surface area contributed by atoms with Crippen LogP contribution in [-0.2, 0) is 11.3 Å². The quantitative estimate of drug-likeness (QED) is 0.808. The van der Waals surface area contributed by atoms with E-state index in [0.717, 1.165) is 9.35 Å². The van der Waals surface area contributed by atoms with Crippen LogP contribution >= 0.6 is 27.3 Å². The fourth-order valence-electron chi connectivity index (χ4n) is 1.34. The van der Waals surface area contributed by atoms with Gasteiger partial charge in [0.25, 0.3) is 0 Å². The van der Waals surface area contributed by atoms with Crippen molar-refractivity contribution in [2.75, 3.05) is 7.11 Å². The summed E-state index contributed by atoms with van der Waals surface area (Å²) in [6.07, 6.45) is 1.53. The van der Waals surface area contributed by atoms with E-state index in [-0.39, 0.29) is 5.69 Å². The number of halogens is 1. The van der Waals surface area contributed by atoms with Crippen LogP contribution in [0.5, 0.6) is 5.75 Å². The fourth-order valence-corrected chi connectivity index (χ4v) is 2.53. The minimum absolute atomic E-state index is 0.189. The van der Waals surface area contributed by atoms with Gasteiger partial charge in [0.2, 0.25) is 0 Å². The lowest BCUT2D eigenvalue weighted by Gasteiger charge is -2.08. The van der Waals surface area contributed by atoms with E-state index in [4.69, 9.17) is 4.74 Å². The van der Waals surface area contributed by atoms with Crippen molar-refractivity contribution in [1.29, 1.82) is 0 Å². The number of carbonyl (C=O) groups is 1. The Morgan fingerprint density at radius 1 is 1.56 bits per heavy atom. The minimum Gasteiger partial charge on any atom is -0.486 e. The van der Waals surface area contributed by atoms with Crippen LogP contribution < -0.4 is 4.74 Å². The number of methoxy groups -OCH3 is 1. The highest BCUT2D eigenvalue weighted by Crippen LogP contribution is 2.23. The van der Waals surface area contributed by atoms with Crippen molar-refractivity contribution in [3.63, 3.8) is 0 Å². The lowest BCUT2D eigenvalue weighted by atomic mass is 10.3. The Kier molecular flexibility index (Phi) is 4.33. The molecule has 0 saturated carbocycles. The van der Waals surface area contributed by atoms with Gasteiger partial charge in [0, 0.05) is 11.8 Å². The Labute approximate surface area is 117 Å². The van der Waals surface area contributed by atoms with E-state index in [1.54, 1.807) is 23.5 Å². The predicted molar refractivity (Wildman–Crippen MR) is 71.9 cm³/mol. The summed E-state index contributed by atoms with van der Waals surface area (Å²) >= 11 is 4.97. The molecule has 94 valence electrons. The van der Waals surface area contributed by atoms with Gasteiger partial charge >= 0.3 is 5.97 Å². The highest BCUT2D eigenvalue weighted by atomic mass is 79.9. The molecule has 0 amide bonds. The molecule has 0 aliphatic rings. The lowest BCUT2D eigenvalue weighted by molar-refractivity contribution is 0.0588. The predicted octanol–water partition coefficient (Wildman–Crippen LogP) is 3.27. The van der Waals surface area contributed by atoms with Gasteiger partial charge in [0.15, 0.2) is 11.4 Å². The summed E-state index contributed by atoms with van der Waals surface area (Å²) in [5, 5.41) is 1.98. The van der Waals surface area contributed by atoms with Crippen LogP contribution in [0, 0.1) is 0 Å². The lowest BCUT2D eigenvalue weighted by Crippen LogP contribution is -2.07. The largest absolute Gasteiger partial charge is 0.486 e.